The minimum Gasteiger partial charge on any atom is -0.206 e. The van der Waals surface area contributed by atoms with Crippen LogP contribution in [0.4, 0.5) is 13.2 Å². The molecule has 0 unspecified atom stereocenters. The minimum atomic E-state index is -2.75. The zero-order chi connectivity index (χ0) is 9.14. The lowest BCUT2D eigenvalue weighted by atomic mass is 10.1. The summed E-state index contributed by atoms with van der Waals surface area (Å²) in [6.07, 6.45) is -2.34. The van der Waals surface area contributed by atoms with E-state index in [1.807, 2.05) is 0 Å². The predicted molar refractivity (Wildman–Crippen MR) is 40.4 cm³/mol. The van der Waals surface area contributed by atoms with Crippen LogP contribution in [0.5, 0.6) is 0 Å². The van der Waals surface area contributed by atoms with Crippen molar-refractivity contribution in [3.63, 3.8) is 0 Å². The van der Waals surface area contributed by atoms with Gasteiger partial charge in [-0.05, 0) is 25.0 Å². The number of halogens is 3. The first-order valence-electron chi connectivity index (χ1n) is 3.51. The molecule has 0 atom stereocenters. The Hall–Kier alpha value is -0.990. The van der Waals surface area contributed by atoms with Crippen LogP contribution in [0.2, 0.25) is 0 Å². The zero-order valence-electron chi connectivity index (χ0n) is 6.36. The third-order valence-electron chi connectivity index (χ3n) is 1.59. The van der Waals surface area contributed by atoms with Crippen molar-refractivity contribution < 1.29 is 13.2 Å². The van der Waals surface area contributed by atoms with Crippen molar-refractivity contribution >= 4 is 0 Å². The number of alkyl halides is 2. The third-order valence-corrected chi connectivity index (χ3v) is 1.59. The number of benzene rings is 1. The Balaban J connectivity index is 3.03. The van der Waals surface area contributed by atoms with Gasteiger partial charge in [-0.2, -0.15) is 0 Å². The molecular weight excluding hydrogens is 165 g/mol. The van der Waals surface area contributed by atoms with Crippen LogP contribution in [0.3, 0.4) is 0 Å². The topological polar surface area (TPSA) is 0 Å². The van der Waals surface area contributed by atoms with Crippen molar-refractivity contribution in [1.82, 2.24) is 0 Å². The molecule has 65 valence electrons. The fourth-order valence-corrected chi connectivity index (χ4v) is 0.903. The lowest BCUT2D eigenvalue weighted by molar-refractivity contribution is 0.146. The van der Waals surface area contributed by atoms with Crippen molar-refractivity contribution in [2.45, 2.75) is 12.8 Å². The highest BCUT2D eigenvalue weighted by atomic mass is 19.3. The summed E-state index contributed by atoms with van der Waals surface area (Å²) in [6.45, 7) is 3.52. The molecule has 1 radical (unpaired) electrons. The highest BCUT2D eigenvalue weighted by molar-refractivity contribution is 5.25. The summed E-state index contributed by atoms with van der Waals surface area (Å²) in [5.41, 5.74) is 0.0732. The fourth-order valence-electron chi connectivity index (χ4n) is 0.903. The number of rotatable bonds is 2. The Bertz CT molecular complexity index is 268. The van der Waals surface area contributed by atoms with Gasteiger partial charge in [-0.15, -0.1) is 0 Å². The van der Waals surface area contributed by atoms with E-state index in [9.17, 15) is 13.2 Å². The first-order chi connectivity index (χ1) is 5.65. The summed E-state index contributed by atoms with van der Waals surface area (Å²) in [5, 5.41) is 0. The molecule has 0 aliphatic heterocycles. The van der Waals surface area contributed by atoms with Gasteiger partial charge in [0, 0.05) is 0 Å². The van der Waals surface area contributed by atoms with E-state index in [2.05, 4.69) is 6.92 Å². The molecule has 3 heteroatoms. The monoisotopic (exact) mass is 173 g/mol. The maximum absolute atomic E-state index is 12.8. The van der Waals surface area contributed by atoms with Gasteiger partial charge in [0.25, 0.3) is 6.43 Å². The van der Waals surface area contributed by atoms with E-state index in [4.69, 9.17) is 0 Å². The average Bonchev–Trinajstić information content (AvgIpc) is 2.03. The van der Waals surface area contributed by atoms with Crippen molar-refractivity contribution in [1.29, 1.82) is 0 Å². The molecule has 0 saturated heterocycles. The number of hydrogen-bond donors (Lipinski definition) is 0. The summed E-state index contributed by atoms with van der Waals surface area (Å²) in [4.78, 5) is 0. The van der Waals surface area contributed by atoms with Crippen molar-refractivity contribution in [3.05, 3.63) is 42.1 Å². The molecule has 12 heavy (non-hydrogen) atoms. The second-order valence-corrected chi connectivity index (χ2v) is 2.41. The molecule has 0 aliphatic carbocycles. The summed E-state index contributed by atoms with van der Waals surface area (Å²) >= 11 is 0. The highest BCUT2D eigenvalue weighted by Crippen LogP contribution is 2.22. The first kappa shape index (κ1) is 9.10. The van der Waals surface area contributed by atoms with Crippen molar-refractivity contribution in [2.24, 2.45) is 0 Å². The second kappa shape index (κ2) is 3.61. The lowest BCUT2D eigenvalue weighted by Crippen LogP contribution is -1.92. The van der Waals surface area contributed by atoms with Crippen LogP contribution >= 0.6 is 0 Å². The fraction of sp³-hybridized carbons (Fsp3) is 0.222. The summed E-state index contributed by atoms with van der Waals surface area (Å²) < 4.78 is 36.8. The minimum absolute atomic E-state index is 0.403. The molecule has 0 nitrogen and oxygen atoms in total. The molecule has 0 heterocycles. The molecule has 0 amide bonds. The zero-order valence-corrected chi connectivity index (χ0v) is 6.36. The smallest absolute Gasteiger partial charge is 0.206 e. The first-order valence-corrected chi connectivity index (χ1v) is 3.51. The Kier molecular flexibility index (Phi) is 2.74. The standard InChI is InChI=1S/C9H8F3/c1-2-6-3-4-7(9(11)12)8(10)5-6/h3-5,9H,1-2H2. The Morgan fingerprint density at radius 2 is 2.00 bits per heavy atom. The molecule has 0 aliphatic rings. The highest BCUT2D eigenvalue weighted by Gasteiger charge is 2.12. The van der Waals surface area contributed by atoms with Gasteiger partial charge in [0.2, 0.25) is 0 Å². The van der Waals surface area contributed by atoms with E-state index < -0.39 is 17.8 Å². The van der Waals surface area contributed by atoms with Crippen LogP contribution in [0.25, 0.3) is 0 Å². The largest absolute Gasteiger partial charge is 0.266 e. The quantitative estimate of drug-likeness (QED) is 0.644. The summed E-state index contributed by atoms with van der Waals surface area (Å²) in [5.74, 6) is -0.855. The van der Waals surface area contributed by atoms with E-state index in [0.29, 0.717) is 12.0 Å². The molecule has 1 aromatic rings. The molecular formula is C9H8F3. The van der Waals surface area contributed by atoms with E-state index in [1.54, 1.807) is 0 Å². The Morgan fingerprint density at radius 3 is 2.42 bits per heavy atom. The van der Waals surface area contributed by atoms with E-state index in [-0.39, 0.29) is 0 Å². The molecule has 0 spiro atoms. The van der Waals surface area contributed by atoms with Crippen molar-refractivity contribution in [3.8, 4) is 0 Å². The molecule has 0 aromatic heterocycles. The van der Waals surface area contributed by atoms with E-state index in [1.165, 1.54) is 6.07 Å². The van der Waals surface area contributed by atoms with E-state index in [0.717, 1.165) is 12.1 Å². The SMILES string of the molecule is [CH2]Cc1ccc(C(F)F)c(F)c1. The average molecular weight is 173 g/mol. The van der Waals surface area contributed by atoms with Gasteiger partial charge in [-0.25, -0.2) is 13.2 Å². The van der Waals surface area contributed by atoms with Gasteiger partial charge in [-0.3, -0.25) is 0 Å². The molecule has 1 aromatic carbocycles. The van der Waals surface area contributed by atoms with Crippen LogP contribution < -0.4 is 0 Å². The maximum atomic E-state index is 12.8. The number of hydrogen-bond acceptors (Lipinski definition) is 0. The van der Waals surface area contributed by atoms with Gasteiger partial charge in [0.1, 0.15) is 5.82 Å². The van der Waals surface area contributed by atoms with Crippen LogP contribution in [-0.2, 0) is 6.42 Å². The summed E-state index contributed by atoms with van der Waals surface area (Å²) in [7, 11) is 0. The Morgan fingerprint density at radius 1 is 1.33 bits per heavy atom. The molecule has 0 bridgehead atoms. The maximum Gasteiger partial charge on any atom is 0.266 e. The molecule has 0 fully saturated rings. The molecule has 1 rings (SSSR count). The van der Waals surface area contributed by atoms with E-state index >= 15 is 0 Å². The van der Waals surface area contributed by atoms with Gasteiger partial charge >= 0.3 is 0 Å². The van der Waals surface area contributed by atoms with Crippen LogP contribution in [0.1, 0.15) is 17.6 Å². The summed E-state index contributed by atoms with van der Waals surface area (Å²) in [6, 6.07) is 3.65. The second-order valence-electron chi connectivity index (χ2n) is 2.41. The van der Waals surface area contributed by atoms with Gasteiger partial charge < -0.3 is 0 Å². The van der Waals surface area contributed by atoms with Crippen LogP contribution in [0.15, 0.2) is 18.2 Å². The molecule has 0 saturated carbocycles. The normalized spacial score (nSPS) is 10.8. The van der Waals surface area contributed by atoms with Crippen LogP contribution in [-0.4, -0.2) is 0 Å². The molecule has 0 N–H and O–H groups in total. The van der Waals surface area contributed by atoms with Crippen molar-refractivity contribution in [2.75, 3.05) is 0 Å². The predicted octanol–water partition coefficient (Wildman–Crippen LogP) is 3.14. The van der Waals surface area contributed by atoms with Gasteiger partial charge in [0.15, 0.2) is 0 Å². The van der Waals surface area contributed by atoms with Gasteiger partial charge in [-0.1, -0.05) is 12.1 Å². The van der Waals surface area contributed by atoms with Crippen LogP contribution in [0, 0.1) is 12.7 Å². The third kappa shape index (κ3) is 1.78. The Labute approximate surface area is 69.0 Å². The lowest BCUT2D eigenvalue weighted by Gasteiger charge is -2.02. The van der Waals surface area contributed by atoms with Gasteiger partial charge in [0.05, 0.1) is 5.56 Å².